The van der Waals surface area contributed by atoms with Crippen LogP contribution in [0.2, 0.25) is 0 Å². The van der Waals surface area contributed by atoms with Gasteiger partial charge < -0.3 is 10.2 Å². The zero-order valence-corrected chi connectivity index (χ0v) is 4.60. The molecular formula is C5H10O2. The lowest BCUT2D eigenvalue weighted by molar-refractivity contribution is 0.250. The third kappa shape index (κ3) is 2.23. The van der Waals surface area contributed by atoms with Crippen LogP contribution in [-0.4, -0.2) is 16.8 Å². The quantitative estimate of drug-likeness (QED) is 0.481. The topological polar surface area (TPSA) is 40.5 Å². The van der Waals surface area contributed by atoms with Crippen LogP contribution in [0.1, 0.15) is 13.8 Å². The Morgan fingerprint density at radius 2 is 1.86 bits per heavy atom. The van der Waals surface area contributed by atoms with Crippen LogP contribution in [0.15, 0.2) is 11.3 Å². The molecule has 0 bridgehead atoms. The van der Waals surface area contributed by atoms with Crippen LogP contribution in [0, 0.1) is 0 Å². The standard InChI is InChI=1S/C5H10O2/c1-4(2)5(7)3-6/h6-7H,3H2,1-2H3. The van der Waals surface area contributed by atoms with E-state index < -0.39 is 0 Å². The van der Waals surface area contributed by atoms with Crippen molar-refractivity contribution in [3.8, 4) is 0 Å². The number of rotatable bonds is 1. The Kier molecular flexibility index (Phi) is 2.45. The first-order valence-electron chi connectivity index (χ1n) is 2.14. The maximum absolute atomic E-state index is 8.56. The number of aliphatic hydroxyl groups is 2. The fraction of sp³-hybridized carbons (Fsp3) is 0.600. The zero-order valence-electron chi connectivity index (χ0n) is 4.60. The molecule has 7 heavy (non-hydrogen) atoms. The van der Waals surface area contributed by atoms with Crippen LogP contribution in [0.4, 0.5) is 0 Å². The van der Waals surface area contributed by atoms with Gasteiger partial charge in [-0.05, 0) is 19.4 Å². The average molecular weight is 102 g/mol. The van der Waals surface area contributed by atoms with Crippen LogP contribution in [0.3, 0.4) is 0 Å². The third-order valence-electron chi connectivity index (χ3n) is 0.727. The predicted octanol–water partition coefficient (Wildman–Crippen LogP) is 0.831. The summed E-state index contributed by atoms with van der Waals surface area (Å²) in [6, 6.07) is 0. The van der Waals surface area contributed by atoms with E-state index in [9.17, 15) is 0 Å². The number of aliphatic hydroxyl groups excluding tert-OH is 2. The predicted molar refractivity (Wildman–Crippen MR) is 28.1 cm³/mol. The summed E-state index contributed by atoms with van der Waals surface area (Å²) in [4.78, 5) is 0. The summed E-state index contributed by atoms with van der Waals surface area (Å²) < 4.78 is 0. The molecule has 2 nitrogen and oxygen atoms in total. The lowest BCUT2D eigenvalue weighted by atomic mass is 10.3. The minimum atomic E-state index is -0.248. The Bertz CT molecular complexity index is 80.1. The lowest BCUT2D eigenvalue weighted by Gasteiger charge is -1.92. The molecule has 0 aliphatic heterocycles. The Morgan fingerprint density at radius 3 is 1.86 bits per heavy atom. The van der Waals surface area contributed by atoms with Crippen LogP contribution in [0.5, 0.6) is 0 Å². The molecule has 0 saturated heterocycles. The van der Waals surface area contributed by atoms with Gasteiger partial charge in [0.1, 0.15) is 12.4 Å². The van der Waals surface area contributed by atoms with E-state index in [0.717, 1.165) is 5.57 Å². The summed E-state index contributed by atoms with van der Waals surface area (Å²) in [5.74, 6) is 0.0694. The van der Waals surface area contributed by atoms with Crippen molar-refractivity contribution in [1.82, 2.24) is 0 Å². The summed E-state index contributed by atoms with van der Waals surface area (Å²) in [5, 5.41) is 16.8. The molecule has 0 radical (unpaired) electrons. The van der Waals surface area contributed by atoms with Gasteiger partial charge in [-0.15, -0.1) is 0 Å². The minimum Gasteiger partial charge on any atom is -0.510 e. The molecule has 0 spiro atoms. The molecule has 0 atom stereocenters. The second-order valence-corrected chi connectivity index (χ2v) is 1.60. The maximum atomic E-state index is 8.56. The Morgan fingerprint density at radius 1 is 1.43 bits per heavy atom. The SMILES string of the molecule is CC(C)=C(O)CO. The molecule has 0 aliphatic carbocycles. The summed E-state index contributed by atoms with van der Waals surface area (Å²) in [5.41, 5.74) is 0.766. The molecule has 0 heterocycles. The highest BCUT2D eigenvalue weighted by atomic mass is 16.3. The number of hydrogen-bond acceptors (Lipinski definition) is 2. The highest BCUT2D eigenvalue weighted by Gasteiger charge is 1.87. The van der Waals surface area contributed by atoms with Crippen molar-refractivity contribution in [2.24, 2.45) is 0 Å². The van der Waals surface area contributed by atoms with E-state index in [0.29, 0.717) is 0 Å². The number of hydrogen-bond donors (Lipinski definition) is 2. The first kappa shape index (κ1) is 6.50. The van der Waals surface area contributed by atoms with Crippen LogP contribution >= 0.6 is 0 Å². The highest BCUT2D eigenvalue weighted by Crippen LogP contribution is 1.94. The average Bonchev–Trinajstić information content (AvgIpc) is 1.65. The second kappa shape index (κ2) is 2.64. The van der Waals surface area contributed by atoms with E-state index in [1.165, 1.54) is 0 Å². The smallest absolute Gasteiger partial charge is 0.116 e. The van der Waals surface area contributed by atoms with E-state index in [2.05, 4.69) is 0 Å². The summed E-state index contributed by atoms with van der Waals surface area (Å²) in [7, 11) is 0. The summed E-state index contributed by atoms with van der Waals surface area (Å²) in [6.07, 6.45) is 0. The van der Waals surface area contributed by atoms with Crippen molar-refractivity contribution < 1.29 is 10.2 Å². The van der Waals surface area contributed by atoms with E-state index >= 15 is 0 Å². The van der Waals surface area contributed by atoms with Crippen molar-refractivity contribution in [2.75, 3.05) is 6.61 Å². The Balaban J connectivity index is 3.72. The molecule has 0 aromatic rings. The lowest BCUT2D eigenvalue weighted by Crippen LogP contribution is -1.89. The normalized spacial score (nSPS) is 8.43. The molecule has 0 unspecified atom stereocenters. The second-order valence-electron chi connectivity index (χ2n) is 1.60. The zero-order chi connectivity index (χ0) is 5.86. The van der Waals surface area contributed by atoms with E-state index in [1.807, 2.05) is 0 Å². The van der Waals surface area contributed by atoms with E-state index in [-0.39, 0.29) is 12.4 Å². The van der Waals surface area contributed by atoms with E-state index in [1.54, 1.807) is 13.8 Å². The molecule has 0 saturated carbocycles. The summed E-state index contributed by atoms with van der Waals surface area (Å²) >= 11 is 0. The van der Waals surface area contributed by atoms with Gasteiger partial charge in [-0.1, -0.05) is 0 Å². The molecule has 0 aromatic heterocycles. The monoisotopic (exact) mass is 102 g/mol. The van der Waals surface area contributed by atoms with Crippen molar-refractivity contribution in [2.45, 2.75) is 13.8 Å². The fourth-order valence-corrected chi connectivity index (χ4v) is 0.158. The molecule has 0 aliphatic rings. The molecular weight excluding hydrogens is 92.1 g/mol. The van der Waals surface area contributed by atoms with Crippen molar-refractivity contribution in [3.05, 3.63) is 11.3 Å². The highest BCUT2D eigenvalue weighted by molar-refractivity contribution is 4.99. The molecule has 2 heteroatoms. The van der Waals surface area contributed by atoms with Crippen molar-refractivity contribution >= 4 is 0 Å². The molecule has 0 rings (SSSR count). The van der Waals surface area contributed by atoms with Gasteiger partial charge in [0.15, 0.2) is 0 Å². The van der Waals surface area contributed by atoms with Gasteiger partial charge in [0.2, 0.25) is 0 Å². The summed E-state index contributed by atoms with van der Waals surface area (Å²) in [6.45, 7) is 3.24. The van der Waals surface area contributed by atoms with Crippen LogP contribution < -0.4 is 0 Å². The minimum absolute atomic E-state index is 0.0694. The largest absolute Gasteiger partial charge is 0.510 e. The van der Waals surface area contributed by atoms with Crippen molar-refractivity contribution in [1.29, 1.82) is 0 Å². The van der Waals surface area contributed by atoms with Gasteiger partial charge in [0.25, 0.3) is 0 Å². The molecule has 0 aromatic carbocycles. The third-order valence-corrected chi connectivity index (χ3v) is 0.727. The van der Waals surface area contributed by atoms with Gasteiger partial charge in [0.05, 0.1) is 0 Å². The van der Waals surface area contributed by atoms with Crippen LogP contribution in [-0.2, 0) is 0 Å². The van der Waals surface area contributed by atoms with Gasteiger partial charge in [-0.2, -0.15) is 0 Å². The maximum Gasteiger partial charge on any atom is 0.116 e. The number of allylic oxidation sites excluding steroid dienone is 1. The van der Waals surface area contributed by atoms with Gasteiger partial charge >= 0.3 is 0 Å². The molecule has 2 N–H and O–H groups in total. The van der Waals surface area contributed by atoms with E-state index in [4.69, 9.17) is 10.2 Å². The first-order chi connectivity index (χ1) is 3.18. The van der Waals surface area contributed by atoms with Gasteiger partial charge in [0, 0.05) is 0 Å². The molecule has 0 amide bonds. The first-order valence-corrected chi connectivity index (χ1v) is 2.14. The van der Waals surface area contributed by atoms with Crippen molar-refractivity contribution in [3.63, 3.8) is 0 Å². The Hall–Kier alpha value is -0.500. The van der Waals surface area contributed by atoms with Gasteiger partial charge in [-0.3, -0.25) is 0 Å². The molecule has 0 fully saturated rings. The van der Waals surface area contributed by atoms with Crippen LogP contribution in [0.25, 0.3) is 0 Å². The van der Waals surface area contributed by atoms with Gasteiger partial charge in [-0.25, -0.2) is 0 Å². The fourth-order valence-electron chi connectivity index (χ4n) is 0.158. The molecule has 42 valence electrons. The Labute approximate surface area is 43.1 Å².